The van der Waals surface area contributed by atoms with Crippen LogP contribution in [0.5, 0.6) is 0 Å². The number of nitrogens with one attached hydrogen (secondary N) is 1. The molecule has 0 saturated heterocycles. The highest BCUT2D eigenvalue weighted by atomic mass is 19.4. The predicted octanol–water partition coefficient (Wildman–Crippen LogP) is 2.56. The topological polar surface area (TPSA) is 70.6 Å². The molecule has 18 heavy (non-hydrogen) atoms. The maximum Gasteiger partial charge on any atom is 0.416 e. The van der Waals surface area contributed by atoms with Crippen LogP contribution in [-0.4, -0.2) is 17.6 Å². The molecule has 0 saturated carbocycles. The summed E-state index contributed by atoms with van der Waals surface area (Å²) in [5, 5.41) is 13.8. The van der Waals surface area contributed by atoms with Crippen molar-refractivity contribution in [3.8, 4) is 0 Å². The first kappa shape index (κ1) is 14.1. The SMILES string of the molecule is Cc1ccc(NCCC(N)=NO)cc1C(F)(F)F. The van der Waals surface area contributed by atoms with Gasteiger partial charge >= 0.3 is 6.18 Å². The summed E-state index contributed by atoms with van der Waals surface area (Å²) < 4.78 is 37.9. The van der Waals surface area contributed by atoms with Crippen molar-refractivity contribution in [1.29, 1.82) is 0 Å². The van der Waals surface area contributed by atoms with E-state index in [1.807, 2.05) is 0 Å². The Labute approximate surface area is 102 Å². The normalized spacial score (nSPS) is 12.6. The molecule has 100 valence electrons. The van der Waals surface area contributed by atoms with Gasteiger partial charge in [-0.05, 0) is 24.6 Å². The third-order valence-electron chi connectivity index (χ3n) is 2.38. The zero-order valence-corrected chi connectivity index (χ0v) is 9.75. The molecule has 0 radical (unpaired) electrons. The molecule has 0 aromatic heterocycles. The predicted molar refractivity (Wildman–Crippen MR) is 62.7 cm³/mol. The van der Waals surface area contributed by atoms with E-state index in [0.717, 1.165) is 6.07 Å². The second-order valence-electron chi connectivity index (χ2n) is 3.80. The fraction of sp³-hybridized carbons (Fsp3) is 0.364. The van der Waals surface area contributed by atoms with Crippen molar-refractivity contribution >= 4 is 11.5 Å². The van der Waals surface area contributed by atoms with Crippen LogP contribution in [0.3, 0.4) is 0 Å². The number of halogens is 3. The second-order valence-corrected chi connectivity index (χ2v) is 3.80. The Balaban J connectivity index is 2.74. The zero-order valence-electron chi connectivity index (χ0n) is 9.75. The van der Waals surface area contributed by atoms with Gasteiger partial charge in [0.25, 0.3) is 0 Å². The summed E-state index contributed by atoms with van der Waals surface area (Å²) >= 11 is 0. The van der Waals surface area contributed by atoms with Crippen LogP contribution in [-0.2, 0) is 6.18 Å². The van der Waals surface area contributed by atoms with Crippen LogP contribution in [0.4, 0.5) is 18.9 Å². The quantitative estimate of drug-likeness (QED) is 0.337. The van der Waals surface area contributed by atoms with Gasteiger partial charge in [0.1, 0.15) is 5.84 Å². The molecule has 1 rings (SSSR count). The summed E-state index contributed by atoms with van der Waals surface area (Å²) in [6, 6.07) is 3.99. The summed E-state index contributed by atoms with van der Waals surface area (Å²) in [5.41, 5.74) is 5.09. The molecule has 0 heterocycles. The molecule has 0 fully saturated rings. The Morgan fingerprint density at radius 1 is 1.44 bits per heavy atom. The highest BCUT2D eigenvalue weighted by Gasteiger charge is 2.32. The number of oxime groups is 1. The molecule has 0 spiro atoms. The van der Waals surface area contributed by atoms with Crippen molar-refractivity contribution in [2.45, 2.75) is 19.5 Å². The van der Waals surface area contributed by atoms with Crippen LogP contribution in [0.1, 0.15) is 17.5 Å². The lowest BCUT2D eigenvalue weighted by Gasteiger charge is -2.13. The Bertz CT molecular complexity index is 444. The van der Waals surface area contributed by atoms with Crippen molar-refractivity contribution in [3.63, 3.8) is 0 Å². The molecular weight excluding hydrogens is 247 g/mol. The lowest BCUT2D eigenvalue weighted by Crippen LogP contribution is -2.17. The van der Waals surface area contributed by atoms with Crippen LogP contribution in [0.25, 0.3) is 0 Å². The number of hydrogen-bond donors (Lipinski definition) is 3. The fourth-order valence-corrected chi connectivity index (χ4v) is 1.42. The summed E-state index contributed by atoms with van der Waals surface area (Å²) in [5.74, 6) is 0.0191. The smallest absolute Gasteiger partial charge is 0.409 e. The molecule has 0 aliphatic carbocycles. The molecule has 0 unspecified atom stereocenters. The second kappa shape index (κ2) is 5.61. The van der Waals surface area contributed by atoms with Gasteiger partial charge in [-0.15, -0.1) is 0 Å². The first-order chi connectivity index (χ1) is 8.34. The maximum atomic E-state index is 12.6. The van der Waals surface area contributed by atoms with Crippen LogP contribution in [0.2, 0.25) is 0 Å². The molecule has 0 atom stereocenters. The van der Waals surface area contributed by atoms with Crippen molar-refractivity contribution in [2.24, 2.45) is 10.9 Å². The minimum atomic E-state index is -4.37. The Hall–Kier alpha value is -1.92. The van der Waals surface area contributed by atoms with E-state index in [4.69, 9.17) is 10.9 Å². The van der Waals surface area contributed by atoms with Crippen molar-refractivity contribution in [1.82, 2.24) is 0 Å². The number of anilines is 1. The average Bonchev–Trinajstić information content (AvgIpc) is 2.29. The third kappa shape index (κ3) is 3.83. The Morgan fingerprint density at radius 2 is 2.11 bits per heavy atom. The first-order valence-corrected chi connectivity index (χ1v) is 5.22. The van der Waals surface area contributed by atoms with E-state index in [1.165, 1.54) is 13.0 Å². The van der Waals surface area contributed by atoms with E-state index < -0.39 is 11.7 Å². The molecule has 1 aromatic rings. The van der Waals surface area contributed by atoms with Crippen LogP contribution in [0, 0.1) is 6.92 Å². The van der Waals surface area contributed by atoms with Crippen molar-refractivity contribution in [3.05, 3.63) is 29.3 Å². The average molecular weight is 261 g/mol. The van der Waals surface area contributed by atoms with E-state index in [2.05, 4.69) is 10.5 Å². The highest BCUT2D eigenvalue weighted by molar-refractivity contribution is 5.80. The summed E-state index contributed by atoms with van der Waals surface area (Å²) in [6.45, 7) is 1.69. The number of amidine groups is 1. The number of hydrogen-bond acceptors (Lipinski definition) is 3. The van der Waals surface area contributed by atoms with Crippen LogP contribution >= 0.6 is 0 Å². The summed E-state index contributed by atoms with van der Waals surface area (Å²) in [6.07, 6.45) is -4.13. The molecule has 0 amide bonds. The van der Waals surface area contributed by atoms with Gasteiger partial charge in [-0.3, -0.25) is 0 Å². The molecule has 4 N–H and O–H groups in total. The van der Waals surface area contributed by atoms with Gasteiger partial charge in [-0.25, -0.2) is 0 Å². The molecule has 4 nitrogen and oxygen atoms in total. The minimum absolute atomic E-state index is 0.0191. The molecule has 1 aromatic carbocycles. The highest BCUT2D eigenvalue weighted by Crippen LogP contribution is 2.33. The van der Waals surface area contributed by atoms with Gasteiger partial charge in [0, 0.05) is 18.7 Å². The number of nitrogens with zero attached hydrogens (tertiary/aromatic N) is 1. The van der Waals surface area contributed by atoms with E-state index >= 15 is 0 Å². The Morgan fingerprint density at radius 3 is 2.67 bits per heavy atom. The van der Waals surface area contributed by atoms with Gasteiger partial charge in [-0.1, -0.05) is 11.2 Å². The fourth-order valence-electron chi connectivity index (χ4n) is 1.42. The van der Waals surface area contributed by atoms with Crippen LogP contribution < -0.4 is 11.1 Å². The van der Waals surface area contributed by atoms with Crippen molar-refractivity contribution < 1.29 is 18.4 Å². The van der Waals surface area contributed by atoms with Gasteiger partial charge < -0.3 is 16.3 Å². The van der Waals surface area contributed by atoms with E-state index in [0.29, 0.717) is 5.69 Å². The van der Waals surface area contributed by atoms with Crippen molar-refractivity contribution in [2.75, 3.05) is 11.9 Å². The van der Waals surface area contributed by atoms with E-state index in [1.54, 1.807) is 6.07 Å². The van der Waals surface area contributed by atoms with Gasteiger partial charge in [0.05, 0.1) is 5.56 Å². The zero-order chi connectivity index (χ0) is 13.8. The molecule has 0 bridgehead atoms. The molecule has 7 heteroatoms. The lowest BCUT2D eigenvalue weighted by molar-refractivity contribution is -0.138. The standard InChI is InChI=1S/C11H14F3N3O/c1-7-2-3-8(6-9(7)11(12,13)14)16-5-4-10(15)17-18/h2-3,6,16,18H,4-5H2,1H3,(H2,15,17). The van der Waals surface area contributed by atoms with E-state index in [9.17, 15) is 13.2 Å². The molecular formula is C11H14F3N3O. The number of nitrogens with two attached hydrogens (primary N) is 1. The summed E-state index contributed by atoms with van der Waals surface area (Å²) in [7, 11) is 0. The molecule has 0 aliphatic heterocycles. The Kier molecular flexibility index (Phi) is 4.41. The molecule has 0 aliphatic rings. The number of rotatable bonds is 4. The summed E-state index contributed by atoms with van der Waals surface area (Å²) in [4.78, 5) is 0. The number of benzene rings is 1. The minimum Gasteiger partial charge on any atom is -0.409 e. The maximum absolute atomic E-state index is 12.6. The van der Waals surface area contributed by atoms with Crippen LogP contribution in [0.15, 0.2) is 23.4 Å². The van der Waals surface area contributed by atoms with Gasteiger partial charge in [0.15, 0.2) is 0 Å². The number of alkyl halides is 3. The monoisotopic (exact) mass is 261 g/mol. The van der Waals surface area contributed by atoms with Gasteiger partial charge in [-0.2, -0.15) is 13.2 Å². The lowest BCUT2D eigenvalue weighted by atomic mass is 10.1. The largest absolute Gasteiger partial charge is 0.416 e. The van der Waals surface area contributed by atoms with Gasteiger partial charge in [0.2, 0.25) is 0 Å². The van der Waals surface area contributed by atoms with E-state index in [-0.39, 0.29) is 24.4 Å². The first-order valence-electron chi connectivity index (χ1n) is 5.22. The third-order valence-corrected chi connectivity index (χ3v) is 2.38. The number of aryl methyl sites for hydroxylation is 1.